The van der Waals surface area contributed by atoms with Crippen LogP contribution in [0.2, 0.25) is 0 Å². The lowest BCUT2D eigenvalue weighted by atomic mass is 10.0. The minimum atomic E-state index is 0.0936. The molecule has 1 fully saturated rings. The zero-order valence-electron chi connectivity index (χ0n) is 16.5. The van der Waals surface area contributed by atoms with Gasteiger partial charge in [-0.15, -0.1) is 5.10 Å². The van der Waals surface area contributed by atoms with Gasteiger partial charge in [0.15, 0.2) is 5.82 Å². The summed E-state index contributed by atoms with van der Waals surface area (Å²) in [5.41, 5.74) is 3.66. The van der Waals surface area contributed by atoms with Gasteiger partial charge in [0, 0.05) is 42.7 Å². The lowest BCUT2D eigenvalue weighted by Crippen LogP contribution is -2.15. The largest absolute Gasteiger partial charge is 0.378 e. The first-order valence-electron chi connectivity index (χ1n) is 10.1. The Morgan fingerprint density at radius 2 is 1.93 bits per heavy atom. The van der Waals surface area contributed by atoms with E-state index in [0.717, 1.165) is 46.7 Å². The van der Waals surface area contributed by atoms with Crippen LogP contribution in [0, 0.1) is 0 Å². The van der Waals surface area contributed by atoms with Crippen molar-refractivity contribution in [3.63, 3.8) is 0 Å². The van der Waals surface area contributed by atoms with Crippen LogP contribution < -0.4 is 0 Å². The highest BCUT2D eigenvalue weighted by molar-refractivity contribution is 5.87. The van der Waals surface area contributed by atoms with Gasteiger partial charge in [0.1, 0.15) is 11.5 Å². The molecular weight excluding hydrogens is 376 g/mol. The second-order valence-corrected chi connectivity index (χ2v) is 7.60. The molecule has 1 saturated heterocycles. The van der Waals surface area contributed by atoms with E-state index in [1.165, 1.54) is 0 Å². The molecule has 0 aliphatic carbocycles. The molecule has 0 spiro atoms. The Morgan fingerprint density at radius 1 is 1.00 bits per heavy atom. The minimum absolute atomic E-state index is 0.0936. The van der Waals surface area contributed by atoms with Gasteiger partial charge >= 0.3 is 0 Å². The Bertz CT molecular complexity index is 1370. The lowest BCUT2D eigenvalue weighted by molar-refractivity contribution is 0.117. The Labute approximate surface area is 173 Å². The van der Waals surface area contributed by atoms with Crippen LogP contribution in [-0.4, -0.2) is 41.8 Å². The Morgan fingerprint density at radius 3 is 2.83 bits per heavy atom. The molecule has 7 heteroatoms. The maximum atomic E-state index is 5.86. The highest BCUT2D eigenvalue weighted by atomic mass is 16.5. The molecule has 1 aromatic carbocycles. The predicted molar refractivity (Wildman–Crippen MR) is 114 cm³/mol. The Kier molecular flexibility index (Phi) is 3.89. The summed E-state index contributed by atoms with van der Waals surface area (Å²) >= 11 is 0. The number of pyridine rings is 2. The van der Waals surface area contributed by atoms with Crippen molar-refractivity contribution in [2.45, 2.75) is 25.4 Å². The summed E-state index contributed by atoms with van der Waals surface area (Å²) in [6.07, 6.45) is 8.55. The average molecular weight is 396 g/mol. The van der Waals surface area contributed by atoms with Crippen molar-refractivity contribution in [2.75, 3.05) is 6.61 Å². The molecule has 5 heterocycles. The molecular formula is C23H20N6O. The molecule has 5 aromatic rings. The summed E-state index contributed by atoms with van der Waals surface area (Å²) in [7, 11) is 0. The second kappa shape index (κ2) is 6.74. The number of aromatic nitrogens is 6. The first-order chi connectivity index (χ1) is 14.8. The standard InChI is InChI=1S/C23H20N6O/c1-15-16(9-14-30-15)23-26-21(18-6-4-12-28-13-11-25-22(18)28)27-29(23)20-8-10-24-19-7-3-2-5-17(19)20/h2-8,10-13,15-16H,9,14H2,1H3/t15-,16-/m0/s1. The van der Waals surface area contributed by atoms with Gasteiger partial charge in [0.05, 0.1) is 22.9 Å². The van der Waals surface area contributed by atoms with Crippen molar-refractivity contribution in [2.24, 2.45) is 0 Å². The zero-order chi connectivity index (χ0) is 20.1. The van der Waals surface area contributed by atoms with Crippen molar-refractivity contribution in [3.8, 4) is 17.1 Å². The molecule has 7 nitrogen and oxygen atoms in total. The lowest BCUT2D eigenvalue weighted by Gasteiger charge is -2.15. The third-order valence-corrected chi connectivity index (χ3v) is 5.85. The smallest absolute Gasteiger partial charge is 0.185 e. The summed E-state index contributed by atoms with van der Waals surface area (Å²) in [6.45, 7) is 2.84. The maximum absolute atomic E-state index is 5.86. The number of benzene rings is 1. The molecule has 1 aliphatic heterocycles. The zero-order valence-corrected chi connectivity index (χ0v) is 16.5. The SMILES string of the molecule is C[C@@H]1OCC[C@@H]1c1nc(-c2cccn3ccnc23)nn1-c1ccnc2ccccc12. The highest BCUT2D eigenvalue weighted by Gasteiger charge is 2.32. The summed E-state index contributed by atoms with van der Waals surface area (Å²) in [5.74, 6) is 1.76. The van der Waals surface area contributed by atoms with Crippen LogP contribution >= 0.6 is 0 Å². The minimum Gasteiger partial charge on any atom is -0.378 e. The number of fused-ring (bicyclic) bond motifs is 2. The highest BCUT2D eigenvalue weighted by Crippen LogP contribution is 2.34. The first-order valence-corrected chi connectivity index (χ1v) is 10.1. The van der Waals surface area contributed by atoms with Crippen molar-refractivity contribution in [1.82, 2.24) is 29.1 Å². The van der Waals surface area contributed by atoms with Crippen LogP contribution in [-0.2, 0) is 4.74 Å². The van der Waals surface area contributed by atoms with Crippen LogP contribution in [0.4, 0.5) is 0 Å². The Hall–Kier alpha value is -3.58. The van der Waals surface area contributed by atoms with Gasteiger partial charge in [-0.05, 0) is 37.6 Å². The van der Waals surface area contributed by atoms with Crippen LogP contribution in [0.25, 0.3) is 33.6 Å². The van der Waals surface area contributed by atoms with Crippen LogP contribution in [0.1, 0.15) is 25.1 Å². The van der Waals surface area contributed by atoms with E-state index in [1.807, 2.05) is 64.1 Å². The number of ether oxygens (including phenoxy) is 1. The monoisotopic (exact) mass is 396 g/mol. The number of rotatable bonds is 3. The molecule has 0 N–H and O–H groups in total. The quantitative estimate of drug-likeness (QED) is 0.461. The fourth-order valence-corrected chi connectivity index (χ4v) is 4.31. The van der Waals surface area contributed by atoms with Crippen LogP contribution in [0.5, 0.6) is 0 Å². The van der Waals surface area contributed by atoms with Crippen LogP contribution in [0.3, 0.4) is 0 Å². The summed E-state index contributed by atoms with van der Waals surface area (Å²) in [5, 5.41) is 6.02. The van der Waals surface area contributed by atoms with Gasteiger partial charge in [-0.25, -0.2) is 14.6 Å². The average Bonchev–Trinajstić information content (AvgIpc) is 3.52. The fraction of sp³-hybridized carbons (Fsp3) is 0.217. The van der Waals surface area contributed by atoms with E-state index >= 15 is 0 Å². The third-order valence-electron chi connectivity index (χ3n) is 5.85. The van der Waals surface area contributed by atoms with Crippen molar-refractivity contribution >= 4 is 16.6 Å². The molecule has 0 bridgehead atoms. The van der Waals surface area contributed by atoms with E-state index < -0.39 is 0 Å². The molecule has 0 unspecified atom stereocenters. The Balaban J connectivity index is 1.61. The van der Waals surface area contributed by atoms with Gasteiger partial charge in [-0.1, -0.05) is 18.2 Å². The number of imidazole rings is 1. The summed E-state index contributed by atoms with van der Waals surface area (Å²) < 4.78 is 9.82. The number of hydrogen-bond acceptors (Lipinski definition) is 5. The summed E-state index contributed by atoms with van der Waals surface area (Å²) in [4.78, 5) is 14.0. The maximum Gasteiger partial charge on any atom is 0.185 e. The topological polar surface area (TPSA) is 70.1 Å². The third kappa shape index (κ3) is 2.63. The molecule has 1 aliphatic rings. The molecule has 4 aromatic heterocycles. The van der Waals surface area contributed by atoms with Gasteiger partial charge in [-0.2, -0.15) is 0 Å². The van der Waals surface area contributed by atoms with Crippen LogP contribution in [0.15, 0.2) is 67.3 Å². The molecule has 30 heavy (non-hydrogen) atoms. The van der Waals surface area contributed by atoms with E-state index in [2.05, 4.69) is 23.0 Å². The van der Waals surface area contributed by atoms with Crippen molar-refractivity contribution in [3.05, 3.63) is 73.1 Å². The normalized spacial score (nSPS) is 19.1. The number of para-hydroxylation sites is 1. The van der Waals surface area contributed by atoms with E-state index in [1.54, 1.807) is 6.20 Å². The van der Waals surface area contributed by atoms with Gasteiger partial charge in [-0.3, -0.25) is 4.98 Å². The van der Waals surface area contributed by atoms with Gasteiger partial charge in [0.2, 0.25) is 0 Å². The van der Waals surface area contributed by atoms with Gasteiger partial charge in [0.25, 0.3) is 0 Å². The molecule has 0 radical (unpaired) electrons. The summed E-state index contributed by atoms with van der Waals surface area (Å²) in [6, 6.07) is 14.1. The van der Waals surface area contributed by atoms with E-state index in [4.69, 9.17) is 14.8 Å². The van der Waals surface area contributed by atoms with E-state index in [-0.39, 0.29) is 12.0 Å². The molecule has 0 amide bonds. The molecule has 148 valence electrons. The number of nitrogens with zero attached hydrogens (tertiary/aromatic N) is 6. The van der Waals surface area contributed by atoms with E-state index in [0.29, 0.717) is 5.82 Å². The number of hydrogen-bond donors (Lipinski definition) is 0. The first kappa shape index (κ1) is 17.3. The fourth-order valence-electron chi connectivity index (χ4n) is 4.31. The second-order valence-electron chi connectivity index (χ2n) is 7.60. The molecule has 0 saturated carbocycles. The van der Waals surface area contributed by atoms with Crippen molar-refractivity contribution in [1.29, 1.82) is 0 Å². The molecule has 6 rings (SSSR count). The van der Waals surface area contributed by atoms with E-state index in [9.17, 15) is 0 Å². The molecule has 2 atom stereocenters. The van der Waals surface area contributed by atoms with Gasteiger partial charge < -0.3 is 9.14 Å². The van der Waals surface area contributed by atoms with Crippen molar-refractivity contribution < 1.29 is 4.74 Å². The predicted octanol–water partition coefficient (Wildman–Crippen LogP) is 4.02.